The van der Waals surface area contributed by atoms with Crippen LogP contribution in [0.5, 0.6) is 0 Å². The van der Waals surface area contributed by atoms with Gasteiger partial charge in [0.15, 0.2) is 0 Å². The van der Waals surface area contributed by atoms with Gasteiger partial charge in [-0.3, -0.25) is 4.79 Å². The van der Waals surface area contributed by atoms with E-state index in [2.05, 4.69) is 9.97 Å². The number of carbonyl (C=O) groups is 2. The molecule has 1 aromatic heterocycles. The number of hydrogen-bond donors (Lipinski definition) is 1. The van der Waals surface area contributed by atoms with Gasteiger partial charge < -0.3 is 9.72 Å². The third-order valence-electron chi connectivity index (χ3n) is 4.34. The Bertz CT molecular complexity index is 887. The molecule has 0 radical (unpaired) electrons. The lowest BCUT2D eigenvalue weighted by Gasteiger charge is -2.20. The summed E-state index contributed by atoms with van der Waals surface area (Å²) in [6.07, 6.45) is 0.220. The first kappa shape index (κ1) is 15.4. The van der Waals surface area contributed by atoms with Gasteiger partial charge >= 0.3 is 6.09 Å². The molecule has 2 aromatic carbocycles. The van der Waals surface area contributed by atoms with Crippen LogP contribution in [0.1, 0.15) is 30.3 Å². The highest BCUT2D eigenvalue weighted by Gasteiger charge is 2.39. The van der Waals surface area contributed by atoms with Gasteiger partial charge in [-0.15, -0.1) is 0 Å². The maximum Gasteiger partial charge on any atom is 0.417 e. The van der Waals surface area contributed by atoms with E-state index in [-0.39, 0.29) is 12.5 Å². The number of rotatable bonds is 3. The Morgan fingerprint density at radius 3 is 2.72 bits per heavy atom. The van der Waals surface area contributed by atoms with Gasteiger partial charge in [0, 0.05) is 6.42 Å². The Hall–Kier alpha value is -3.15. The van der Waals surface area contributed by atoms with Crippen molar-refractivity contribution < 1.29 is 14.3 Å². The third-order valence-corrected chi connectivity index (χ3v) is 4.34. The van der Waals surface area contributed by atoms with E-state index >= 15 is 0 Å². The quantitative estimate of drug-likeness (QED) is 0.794. The average molecular weight is 335 g/mol. The SMILES string of the molecule is O=C1CC[C@@H](c2nc3ccccc3[nH]2)N1C(=O)OCc1ccccc1. The normalized spacial score (nSPS) is 17.2. The average Bonchev–Trinajstić information content (AvgIpc) is 3.23. The monoisotopic (exact) mass is 335 g/mol. The molecule has 3 aromatic rings. The molecule has 0 unspecified atom stereocenters. The van der Waals surface area contributed by atoms with Crippen LogP contribution in [0.25, 0.3) is 11.0 Å². The van der Waals surface area contributed by atoms with Gasteiger partial charge in [0.2, 0.25) is 5.91 Å². The standard InChI is InChI=1S/C19H17N3O3/c23-17-11-10-16(18-20-14-8-4-5-9-15(14)21-18)22(17)19(24)25-12-13-6-2-1-3-7-13/h1-9,16H,10-12H2,(H,20,21)/t16-/m0/s1. The molecule has 25 heavy (non-hydrogen) atoms. The number of carbonyl (C=O) groups excluding carboxylic acids is 2. The van der Waals surface area contributed by atoms with E-state index in [1.54, 1.807) is 0 Å². The molecule has 1 N–H and O–H groups in total. The number of ether oxygens (including phenoxy) is 1. The molecular formula is C19H17N3O3. The summed E-state index contributed by atoms with van der Waals surface area (Å²) in [6.45, 7) is 0.135. The van der Waals surface area contributed by atoms with Crippen molar-refractivity contribution in [2.75, 3.05) is 0 Å². The van der Waals surface area contributed by atoms with Crippen molar-refractivity contribution >= 4 is 23.0 Å². The number of benzene rings is 2. The molecule has 0 bridgehead atoms. The number of fused-ring (bicyclic) bond motifs is 1. The van der Waals surface area contributed by atoms with E-state index in [1.165, 1.54) is 4.90 Å². The predicted octanol–water partition coefficient (Wildman–Crippen LogP) is 3.56. The fraction of sp³-hybridized carbons (Fsp3) is 0.211. The molecule has 2 amide bonds. The van der Waals surface area contributed by atoms with E-state index in [4.69, 9.17) is 4.74 Å². The van der Waals surface area contributed by atoms with Crippen LogP contribution in [0, 0.1) is 0 Å². The predicted molar refractivity (Wildman–Crippen MR) is 91.5 cm³/mol. The van der Waals surface area contributed by atoms with Crippen LogP contribution in [0.15, 0.2) is 54.6 Å². The van der Waals surface area contributed by atoms with Crippen LogP contribution < -0.4 is 0 Å². The molecular weight excluding hydrogens is 318 g/mol. The van der Waals surface area contributed by atoms with Gasteiger partial charge in [0.25, 0.3) is 0 Å². The summed E-state index contributed by atoms with van der Waals surface area (Å²) < 4.78 is 5.33. The lowest BCUT2D eigenvalue weighted by molar-refractivity contribution is -0.127. The minimum absolute atomic E-state index is 0.135. The van der Waals surface area contributed by atoms with Crippen molar-refractivity contribution in [1.82, 2.24) is 14.9 Å². The molecule has 2 heterocycles. The number of para-hydroxylation sites is 2. The van der Waals surface area contributed by atoms with Crippen LogP contribution in [-0.4, -0.2) is 26.9 Å². The number of imide groups is 1. The smallest absolute Gasteiger partial charge is 0.417 e. The van der Waals surface area contributed by atoms with E-state index < -0.39 is 12.1 Å². The number of aromatic nitrogens is 2. The fourth-order valence-corrected chi connectivity index (χ4v) is 3.09. The van der Waals surface area contributed by atoms with Crippen molar-refractivity contribution in [3.8, 4) is 0 Å². The van der Waals surface area contributed by atoms with Gasteiger partial charge in [-0.05, 0) is 24.1 Å². The lowest BCUT2D eigenvalue weighted by atomic mass is 10.2. The van der Waals surface area contributed by atoms with Crippen molar-refractivity contribution in [3.05, 3.63) is 66.0 Å². The number of aromatic amines is 1. The molecule has 1 fully saturated rings. The van der Waals surface area contributed by atoms with E-state index in [0.29, 0.717) is 18.7 Å². The Balaban J connectivity index is 1.54. The Morgan fingerprint density at radius 2 is 1.92 bits per heavy atom. The number of imidazole rings is 1. The van der Waals surface area contributed by atoms with Crippen LogP contribution in [0.4, 0.5) is 4.79 Å². The Labute approximate surface area is 144 Å². The van der Waals surface area contributed by atoms with Crippen molar-refractivity contribution in [2.24, 2.45) is 0 Å². The second-order valence-corrected chi connectivity index (χ2v) is 6.00. The minimum atomic E-state index is -0.628. The first-order chi connectivity index (χ1) is 12.2. The number of H-pyrrole nitrogens is 1. The number of likely N-dealkylation sites (tertiary alicyclic amines) is 1. The molecule has 1 aliphatic rings. The largest absolute Gasteiger partial charge is 0.444 e. The molecule has 6 heteroatoms. The maximum absolute atomic E-state index is 12.5. The lowest BCUT2D eigenvalue weighted by Crippen LogP contribution is -2.35. The summed E-state index contributed by atoms with van der Waals surface area (Å²) in [5.74, 6) is 0.382. The second-order valence-electron chi connectivity index (χ2n) is 6.00. The molecule has 0 aliphatic carbocycles. The van der Waals surface area contributed by atoms with Crippen molar-refractivity contribution in [1.29, 1.82) is 0 Å². The number of nitrogens with one attached hydrogen (secondary N) is 1. The fourth-order valence-electron chi connectivity index (χ4n) is 3.09. The highest BCUT2D eigenvalue weighted by atomic mass is 16.6. The zero-order valence-corrected chi connectivity index (χ0v) is 13.5. The number of amides is 2. The molecule has 126 valence electrons. The molecule has 6 nitrogen and oxygen atoms in total. The molecule has 0 spiro atoms. The Kier molecular flexibility index (Phi) is 3.93. The van der Waals surface area contributed by atoms with Crippen LogP contribution >= 0.6 is 0 Å². The minimum Gasteiger partial charge on any atom is -0.444 e. The van der Waals surface area contributed by atoms with Crippen LogP contribution in [0.3, 0.4) is 0 Å². The second kappa shape index (κ2) is 6.39. The highest BCUT2D eigenvalue weighted by molar-refractivity contribution is 5.94. The first-order valence-corrected chi connectivity index (χ1v) is 8.20. The van der Waals surface area contributed by atoms with Gasteiger partial charge in [0.1, 0.15) is 18.5 Å². The molecule has 1 aliphatic heterocycles. The summed E-state index contributed by atoms with van der Waals surface area (Å²) in [5.41, 5.74) is 2.58. The Morgan fingerprint density at radius 1 is 1.16 bits per heavy atom. The maximum atomic E-state index is 12.5. The van der Waals surface area contributed by atoms with Crippen LogP contribution in [-0.2, 0) is 16.1 Å². The summed E-state index contributed by atoms with van der Waals surface area (Å²) in [7, 11) is 0. The van der Waals surface area contributed by atoms with Gasteiger partial charge in [-0.25, -0.2) is 14.7 Å². The highest BCUT2D eigenvalue weighted by Crippen LogP contribution is 2.33. The molecule has 1 atom stereocenters. The molecule has 4 rings (SSSR count). The third kappa shape index (κ3) is 2.98. The zero-order chi connectivity index (χ0) is 17.2. The zero-order valence-electron chi connectivity index (χ0n) is 13.5. The number of nitrogens with zero attached hydrogens (tertiary/aromatic N) is 2. The molecule has 1 saturated heterocycles. The van der Waals surface area contributed by atoms with Gasteiger partial charge in [-0.2, -0.15) is 0 Å². The van der Waals surface area contributed by atoms with Crippen molar-refractivity contribution in [2.45, 2.75) is 25.5 Å². The topological polar surface area (TPSA) is 75.3 Å². The van der Waals surface area contributed by atoms with E-state index in [9.17, 15) is 9.59 Å². The summed E-state index contributed by atoms with van der Waals surface area (Å²) in [6, 6.07) is 16.6. The van der Waals surface area contributed by atoms with Gasteiger partial charge in [0.05, 0.1) is 11.0 Å². The summed E-state index contributed by atoms with van der Waals surface area (Å²) in [4.78, 5) is 33.6. The first-order valence-electron chi connectivity index (χ1n) is 8.20. The van der Waals surface area contributed by atoms with E-state index in [0.717, 1.165) is 16.6 Å². The van der Waals surface area contributed by atoms with Gasteiger partial charge in [-0.1, -0.05) is 42.5 Å². The van der Waals surface area contributed by atoms with Crippen LogP contribution in [0.2, 0.25) is 0 Å². The van der Waals surface area contributed by atoms with E-state index in [1.807, 2.05) is 54.6 Å². The van der Waals surface area contributed by atoms with Crippen molar-refractivity contribution in [3.63, 3.8) is 0 Å². The summed E-state index contributed by atoms with van der Waals surface area (Å²) in [5, 5.41) is 0. The summed E-state index contributed by atoms with van der Waals surface area (Å²) >= 11 is 0. The molecule has 0 saturated carbocycles. The number of hydrogen-bond acceptors (Lipinski definition) is 4.